The molecule has 0 unspecified atom stereocenters. The van der Waals surface area contributed by atoms with E-state index in [-0.39, 0.29) is 38.0 Å². The molecule has 3 aromatic carbocycles. The van der Waals surface area contributed by atoms with Crippen molar-refractivity contribution in [1.82, 2.24) is 10.2 Å². The molecule has 3 aromatic rings. The van der Waals surface area contributed by atoms with Crippen LogP contribution in [0, 0.1) is 0 Å². The van der Waals surface area contributed by atoms with E-state index < -0.39 is 24.4 Å². The molecule has 10 heteroatoms. The molecule has 0 spiro atoms. The highest BCUT2D eigenvalue weighted by atomic mass is 16.7. The van der Waals surface area contributed by atoms with Crippen molar-refractivity contribution in [3.63, 3.8) is 0 Å². The van der Waals surface area contributed by atoms with Crippen LogP contribution in [0.3, 0.4) is 0 Å². The lowest BCUT2D eigenvalue weighted by atomic mass is 9.98. The molecule has 0 aromatic heterocycles. The van der Waals surface area contributed by atoms with E-state index in [2.05, 4.69) is 15.5 Å². The predicted molar refractivity (Wildman–Crippen MR) is 162 cm³/mol. The summed E-state index contributed by atoms with van der Waals surface area (Å²) in [6.07, 6.45) is -1.18. The molecule has 4 N–H and O–H groups in total. The van der Waals surface area contributed by atoms with Gasteiger partial charge >= 0.3 is 12.0 Å². The Labute approximate surface area is 252 Å². The Morgan fingerprint density at radius 1 is 1.00 bits per heavy atom. The molecule has 5 atom stereocenters. The van der Waals surface area contributed by atoms with Crippen molar-refractivity contribution in [3.05, 3.63) is 101 Å². The second-order valence-electron chi connectivity index (χ2n) is 10.6. The van der Waals surface area contributed by atoms with Crippen LogP contribution in [0.1, 0.15) is 61.0 Å². The number of likely N-dealkylation sites (N-methyl/N-ethyl adjacent to an activating group) is 1. The summed E-state index contributed by atoms with van der Waals surface area (Å²) in [4.78, 5) is 25.8. The lowest BCUT2D eigenvalue weighted by Crippen LogP contribution is -2.43. The highest BCUT2D eigenvalue weighted by molar-refractivity contribution is 5.91. The van der Waals surface area contributed by atoms with E-state index in [1.54, 1.807) is 19.1 Å². The molecule has 2 amide bonds. The molecular formula is C33H41N3O7. The van der Waals surface area contributed by atoms with Crippen LogP contribution in [0.4, 0.5) is 10.5 Å². The second-order valence-corrected chi connectivity index (χ2v) is 10.6. The van der Waals surface area contributed by atoms with Gasteiger partial charge in [0, 0.05) is 30.3 Å². The number of hydrogen-bond donors (Lipinski definition) is 4. The summed E-state index contributed by atoms with van der Waals surface area (Å²) in [5.41, 5.74) is 3.97. The Bertz CT molecular complexity index is 1300. The van der Waals surface area contributed by atoms with E-state index in [0.717, 1.165) is 22.3 Å². The minimum absolute atomic E-state index is 0.0339. The monoisotopic (exact) mass is 591 g/mol. The van der Waals surface area contributed by atoms with Crippen LogP contribution in [-0.4, -0.2) is 66.0 Å². The summed E-state index contributed by atoms with van der Waals surface area (Å²) in [7, 11) is 1.98. The van der Waals surface area contributed by atoms with Crippen molar-refractivity contribution < 1.29 is 34.0 Å². The fraction of sp³-hybridized carbons (Fsp3) is 0.394. The van der Waals surface area contributed by atoms with Gasteiger partial charge in [0.25, 0.3) is 0 Å². The summed E-state index contributed by atoms with van der Waals surface area (Å²) in [6.45, 7) is 4.25. The van der Waals surface area contributed by atoms with E-state index in [1.165, 1.54) is 0 Å². The normalized spacial score (nSPS) is 19.8. The van der Waals surface area contributed by atoms with Gasteiger partial charge in [-0.3, -0.25) is 9.69 Å². The quantitative estimate of drug-likeness (QED) is 0.227. The number of aliphatic hydroxyl groups excluding tert-OH is 2. The maximum Gasteiger partial charge on any atom is 0.325 e. The maximum atomic E-state index is 12.2. The highest BCUT2D eigenvalue weighted by Gasteiger charge is 2.34. The number of carbonyl (C=O) groups is 2. The molecule has 1 fully saturated rings. The molecule has 1 heterocycles. The summed E-state index contributed by atoms with van der Waals surface area (Å²) in [6, 6.07) is 23.8. The van der Waals surface area contributed by atoms with E-state index in [0.29, 0.717) is 18.7 Å². The summed E-state index contributed by atoms with van der Waals surface area (Å²) >= 11 is 0. The van der Waals surface area contributed by atoms with Crippen molar-refractivity contribution in [2.24, 2.45) is 0 Å². The number of hydrogen-bond acceptors (Lipinski definition) is 8. The van der Waals surface area contributed by atoms with Crippen LogP contribution >= 0.6 is 0 Å². The fourth-order valence-corrected chi connectivity index (χ4v) is 4.95. The molecule has 1 aliphatic heterocycles. The zero-order chi connectivity index (χ0) is 30.8. The maximum absolute atomic E-state index is 12.2. The molecule has 43 heavy (non-hydrogen) atoms. The van der Waals surface area contributed by atoms with Crippen molar-refractivity contribution in [3.8, 4) is 0 Å². The third kappa shape index (κ3) is 9.09. The molecule has 0 bridgehead atoms. The van der Waals surface area contributed by atoms with Crippen LogP contribution in [0.25, 0.3) is 0 Å². The number of esters is 1. The Hall–Kier alpha value is -3.80. The Morgan fingerprint density at radius 3 is 2.33 bits per heavy atom. The van der Waals surface area contributed by atoms with Gasteiger partial charge in [-0.15, -0.1) is 0 Å². The minimum Gasteiger partial charge on any atom is -0.465 e. The lowest BCUT2D eigenvalue weighted by molar-refractivity contribution is -0.253. The average molecular weight is 592 g/mol. The summed E-state index contributed by atoms with van der Waals surface area (Å²) < 4.78 is 17.7. The molecule has 0 radical (unpaired) electrons. The molecule has 1 aliphatic rings. The van der Waals surface area contributed by atoms with Crippen LogP contribution in [0.2, 0.25) is 0 Å². The van der Waals surface area contributed by atoms with Crippen molar-refractivity contribution in [2.75, 3.05) is 32.1 Å². The van der Waals surface area contributed by atoms with Crippen LogP contribution < -0.4 is 10.6 Å². The Kier molecular flexibility index (Phi) is 11.7. The number of urea groups is 1. The van der Waals surface area contributed by atoms with Gasteiger partial charge in [-0.25, -0.2) is 4.79 Å². The van der Waals surface area contributed by atoms with Crippen LogP contribution in [-0.2, 0) is 25.6 Å². The SMILES string of the molecule is CCOC(=O)CNC(=O)Nc1ccc([C@H]2O[C@@H](CN(C)[C@H](C)[C@@H](O)c3ccccc3)C[C@@H](c3ccc(CO)cc3)O2)cc1. The standard InChI is InChI=1S/C33H41N3O7/c1-4-41-30(38)19-34-33(40)35-27-16-14-26(15-17-27)32-42-28(18-29(43-32)24-12-10-23(21-37)11-13-24)20-36(3)22(2)31(39)25-8-6-5-7-9-25/h5-17,22,28-29,31-32,37,39H,4,18-21H2,1-3H3,(H2,34,35,40)/t22-,28-,29+,31-,32+/m1/s1. The number of amides is 2. The topological polar surface area (TPSA) is 130 Å². The third-order valence-electron chi connectivity index (χ3n) is 7.54. The smallest absolute Gasteiger partial charge is 0.325 e. The number of anilines is 1. The van der Waals surface area contributed by atoms with Gasteiger partial charge in [-0.1, -0.05) is 66.7 Å². The van der Waals surface area contributed by atoms with E-state index in [1.807, 2.05) is 80.7 Å². The Morgan fingerprint density at radius 2 is 1.67 bits per heavy atom. The largest absolute Gasteiger partial charge is 0.465 e. The third-order valence-corrected chi connectivity index (χ3v) is 7.54. The number of aliphatic hydroxyl groups is 2. The van der Waals surface area contributed by atoms with Gasteiger partial charge < -0.3 is 35.1 Å². The Balaban J connectivity index is 1.45. The molecular weight excluding hydrogens is 550 g/mol. The van der Waals surface area contributed by atoms with Gasteiger partial charge in [-0.05, 0) is 49.7 Å². The summed E-state index contributed by atoms with van der Waals surface area (Å²) in [5.74, 6) is -0.510. The van der Waals surface area contributed by atoms with Gasteiger partial charge in [0.1, 0.15) is 6.54 Å². The van der Waals surface area contributed by atoms with Gasteiger partial charge in [0.05, 0.1) is 31.5 Å². The van der Waals surface area contributed by atoms with E-state index in [9.17, 15) is 19.8 Å². The first-order valence-electron chi connectivity index (χ1n) is 14.5. The van der Waals surface area contributed by atoms with Gasteiger partial charge in [0.2, 0.25) is 0 Å². The van der Waals surface area contributed by atoms with Crippen molar-refractivity contribution in [2.45, 2.75) is 57.5 Å². The fourth-order valence-electron chi connectivity index (χ4n) is 4.95. The number of ether oxygens (including phenoxy) is 3. The highest BCUT2D eigenvalue weighted by Crippen LogP contribution is 2.38. The molecule has 4 rings (SSSR count). The van der Waals surface area contributed by atoms with Crippen molar-refractivity contribution >= 4 is 17.7 Å². The number of rotatable bonds is 12. The number of nitrogens with zero attached hydrogens (tertiary/aromatic N) is 1. The number of benzene rings is 3. The molecule has 1 saturated heterocycles. The van der Waals surface area contributed by atoms with Crippen LogP contribution in [0.5, 0.6) is 0 Å². The van der Waals surface area contributed by atoms with Gasteiger partial charge in [-0.2, -0.15) is 0 Å². The first-order valence-corrected chi connectivity index (χ1v) is 14.5. The molecule has 230 valence electrons. The molecule has 10 nitrogen and oxygen atoms in total. The lowest BCUT2D eigenvalue weighted by Gasteiger charge is -2.39. The molecule has 0 saturated carbocycles. The minimum atomic E-state index is -0.671. The first-order chi connectivity index (χ1) is 20.8. The number of nitrogens with one attached hydrogen (secondary N) is 2. The zero-order valence-corrected chi connectivity index (χ0v) is 24.8. The molecule has 0 aliphatic carbocycles. The van der Waals surface area contributed by atoms with Crippen molar-refractivity contribution in [1.29, 1.82) is 0 Å². The average Bonchev–Trinajstić information content (AvgIpc) is 3.04. The summed E-state index contributed by atoms with van der Waals surface area (Å²) in [5, 5.41) is 25.6. The zero-order valence-electron chi connectivity index (χ0n) is 24.8. The first kappa shape index (κ1) is 32.1. The van der Waals surface area contributed by atoms with E-state index >= 15 is 0 Å². The van der Waals surface area contributed by atoms with Gasteiger partial charge in [0.15, 0.2) is 6.29 Å². The predicted octanol–water partition coefficient (Wildman–Crippen LogP) is 4.46. The number of carbonyl (C=O) groups excluding carboxylic acids is 2. The van der Waals surface area contributed by atoms with Crippen LogP contribution in [0.15, 0.2) is 78.9 Å². The van der Waals surface area contributed by atoms with E-state index in [4.69, 9.17) is 14.2 Å². The second kappa shape index (κ2) is 15.6.